The molecule has 2 aliphatic heterocycles. The van der Waals surface area contributed by atoms with E-state index in [9.17, 15) is 46.7 Å². The first kappa shape index (κ1) is 35.7. The maximum atomic E-state index is 14.0. The second-order valence-corrected chi connectivity index (χ2v) is 15.4. The van der Waals surface area contributed by atoms with Crippen molar-refractivity contribution in [2.24, 2.45) is 0 Å². The van der Waals surface area contributed by atoms with Crippen molar-refractivity contribution < 1.29 is 45.2 Å². The molecule has 17 nitrogen and oxygen atoms in total. The molecule has 2 saturated heterocycles. The molecule has 0 saturated carbocycles. The van der Waals surface area contributed by atoms with Gasteiger partial charge >= 0.3 is 16.2 Å². The van der Waals surface area contributed by atoms with Crippen molar-refractivity contribution in [3.8, 4) is 0 Å². The monoisotopic (exact) mass is 697 g/mol. The van der Waals surface area contributed by atoms with Crippen molar-refractivity contribution in [3.63, 3.8) is 0 Å². The van der Waals surface area contributed by atoms with Crippen LogP contribution in [0.4, 0.5) is 16.2 Å². The fourth-order valence-corrected chi connectivity index (χ4v) is 8.42. The van der Waals surface area contributed by atoms with Crippen molar-refractivity contribution in [1.82, 2.24) is 14.5 Å². The van der Waals surface area contributed by atoms with Crippen LogP contribution >= 0.6 is 0 Å². The molecule has 2 fully saturated rings. The van der Waals surface area contributed by atoms with Crippen LogP contribution in [0.2, 0.25) is 0 Å². The van der Waals surface area contributed by atoms with E-state index in [0.717, 1.165) is 24.3 Å². The number of benzene rings is 2. The van der Waals surface area contributed by atoms with Gasteiger partial charge in [0.05, 0.1) is 16.0 Å². The number of para-hydroxylation sites is 2. The van der Waals surface area contributed by atoms with E-state index in [2.05, 4.69) is 5.32 Å². The molecule has 0 spiro atoms. The van der Waals surface area contributed by atoms with Gasteiger partial charge in [0.15, 0.2) is 9.79 Å². The number of likely N-dealkylation sites (tertiary alicyclic amines) is 1. The molecule has 0 aliphatic carbocycles. The quantitative estimate of drug-likeness (QED) is 0.227. The average Bonchev–Trinajstić information content (AvgIpc) is 3.00. The zero-order valence-electron chi connectivity index (χ0n) is 25.8. The van der Waals surface area contributed by atoms with Crippen molar-refractivity contribution >= 4 is 43.5 Å². The lowest BCUT2D eigenvalue weighted by molar-refractivity contribution is -0.388. The Morgan fingerprint density at radius 3 is 1.94 bits per heavy atom. The van der Waals surface area contributed by atoms with Crippen LogP contribution in [0.3, 0.4) is 0 Å². The minimum Gasteiger partial charge on any atom is -0.444 e. The first-order chi connectivity index (χ1) is 21.9. The average molecular weight is 698 g/mol. The summed E-state index contributed by atoms with van der Waals surface area (Å²) in [6.07, 6.45) is -1.59. The normalized spacial score (nSPS) is 19.9. The number of ether oxygens (including phenoxy) is 1. The fraction of sp³-hybridized carbons (Fsp3) is 0.500. The highest BCUT2D eigenvalue weighted by Crippen LogP contribution is 2.34. The Morgan fingerprint density at radius 2 is 1.38 bits per heavy atom. The molecule has 0 bridgehead atoms. The number of sulfonamides is 1. The van der Waals surface area contributed by atoms with E-state index >= 15 is 0 Å². The smallest absolute Gasteiger partial charge is 0.410 e. The first-order valence-electron chi connectivity index (χ1n) is 14.6. The molecule has 0 radical (unpaired) electrons. The van der Waals surface area contributed by atoms with Gasteiger partial charge < -0.3 is 15.0 Å². The van der Waals surface area contributed by atoms with E-state index in [4.69, 9.17) is 8.92 Å². The van der Waals surface area contributed by atoms with Crippen LogP contribution in [0.1, 0.15) is 46.5 Å². The largest absolute Gasteiger partial charge is 0.444 e. The highest BCUT2D eigenvalue weighted by atomic mass is 32.2. The van der Waals surface area contributed by atoms with Crippen molar-refractivity contribution in [3.05, 3.63) is 68.8 Å². The van der Waals surface area contributed by atoms with Crippen molar-refractivity contribution in [2.45, 2.75) is 80.0 Å². The summed E-state index contributed by atoms with van der Waals surface area (Å²) in [5.74, 6) is -0.720. The molecule has 19 heteroatoms. The van der Waals surface area contributed by atoms with Crippen molar-refractivity contribution in [1.29, 1.82) is 0 Å². The maximum Gasteiger partial charge on any atom is 0.410 e. The second kappa shape index (κ2) is 13.9. The first-order valence-corrected chi connectivity index (χ1v) is 17.5. The summed E-state index contributed by atoms with van der Waals surface area (Å²) in [7, 11) is -9.60. The molecule has 256 valence electrons. The van der Waals surface area contributed by atoms with Gasteiger partial charge in [-0.2, -0.15) is 12.7 Å². The number of amides is 2. The third kappa shape index (κ3) is 8.40. The lowest BCUT2D eigenvalue weighted by Gasteiger charge is -2.38. The van der Waals surface area contributed by atoms with Crippen LogP contribution < -0.4 is 5.32 Å². The second-order valence-electron chi connectivity index (χ2n) is 12.0. The number of nitro benzene ring substituents is 2. The number of nitrogens with one attached hydrogen (secondary N) is 1. The van der Waals surface area contributed by atoms with Gasteiger partial charge in [0.25, 0.3) is 21.4 Å². The summed E-state index contributed by atoms with van der Waals surface area (Å²) < 4.78 is 65.5. The Hall–Kier alpha value is -4.20. The van der Waals surface area contributed by atoms with E-state index in [0.29, 0.717) is 17.1 Å². The molecule has 2 aromatic rings. The Kier molecular flexibility index (Phi) is 10.5. The zero-order valence-corrected chi connectivity index (χ0v) is 27.4. The number of carbonyl (C=O) groups is 2. The number of rotatable bonds is 9. The molecule has 4 rings (SSSR count). The van der Waals surface area contributed by atoms with E-state index in [1.165, 1.54) is 29.2 Å². The maximum absolute atomic E-state index is 14.0. The third-order valence-corrected chi connectivity index (χ3v) is 10.9. The summed E-state index contributed by atoms with van der Waals surface area (Å²) in [6.45, 7) is 5.04. The van der Waals surface area contributed by atoms with E-state index < -0.39 is 93.5 Å². The summed E-state index contributed by atoms with van der Waals surface area (Å²) in [6, 6.07) is 7.15. The van der Waals surface area contributed by atoms with Gasteiger partial charge in [-0.3, -0.25) is 29.2 Å². The van der Waals surface area contributed by atoms with Gasteiger partial charge in [0.1, 0.15) is 11.6 Å². The van der Waals surface area contributed by atoms with E-state index in [-0.39, 0.29) is 25.9 Å². The van der Waals surface area contributed by atoms with Crippen LogP contribution in [0.25, 0.3) is 0 Å². The number of hydrogen-bond acceptors (Lipinski definition) is 12. The Balaban J connectivity index is 1.58. The number of nitro groups is 2. The predicted octanol–water partition coefficient (Wildman–Crippen LogP) is 2.95. The van der Waals surface area contributed by atoms with Crippen LogP contribution in [-0.4, -0.2) is 91.3 Å². The number of carbonyl (C=O) groups excluding carboxylic acids is 2. The molecule has 47 heavy (non-hydrogen) atoms. The predicted molar refractivity (Wildman–Crippen MR) is 164 cm³/mol. The van der Waals surface area contributed by atoms with Crippen molar-refractivity contribution in [2.75, 3.05) is 19.6 Å². The Labute approximate surface area is 271 Å². The summed E-state index contributed by atoms with van der Waals surface area (Å²) in [5, 5.41) is 26.0. The molecule has 2 aromatic carbocycles. The summed E-state index contributed by atoms with van der Waals surface area (Å²) in [5.41, 5.74) is -2.19. The summed E-state index contributed by atoms with van der Waals surface area (Å²) in [4.78, 5) is 47.5. The molecular formula is C28H35N5O12S2. The SMILES string of the molecule is CC(C)(C)OC(=O)N1CCC(NC(=O)[C@H]2CC[C@@H](OS(=O)(=O)c3ccccc3[N+](=O)[O-])CN2S(=O)(=O)c2ccccc2[N+](=O)[O-])CC1. The minimum absolute atomic E-state index is 0.141. The molecule has 1 N–H and O–H groups in total. The molecule has 2 aliphatic rings. The topological polar surface area (TPSA) is 226 Å². The minimum atomic E-state index is -4.81. The van der Waals surface area contributed by atoms with Gasteiger partial charge in [-0.1, -0.05) is 24.3 Å². The highest BCUT2D eigenvalue weighted by molar-refractivity contribution is 7.89. The van der Waals surface area contributed by atoms with Crippen LogP contribution in [0.15, 0.2) is 58.3 Å². The van der Waals surface area contributed by atoms with Crippen LogP contribution in [0, 0.1) is 20.2 Å². The third-order valence-electron chi connectivity index (χ3n) is 7.53. The summed E-state index contributed by atoms with van der Waals surface area (Å²) >= 11 is 0. The van der Waals surface area contributed by atoms with E-state index in [1.54, 1.807) is 20.8 Å². The Bertz CT molecular complexity index is 1750. The van der Waals surface area contributed by atoms with Crippen LogP contribution in [-0.2, 0) is 33.9 Å². The molecule has 2 atom stereocenters. The highest BCUT2D eigenvalue weighted by Gasteiger charge is 2.45. The van der Waals surface area contributed by atoms with Gasteiger partial charge in [-0.15, -0.1) is 0 Å². The lowest BCUT2D eigenvalue weighted by Crippen LogP contribution is -2.58. The van der Waals surface area contributed by atoms with Gasteiger partial charge in [-0.05, 0) is 58.6 Å². The fourth-order valence-electron chi connectivity index (χ4n) is 5.35. The molecule has 2 amide bonds. The molecule has 0 unspecified atom stereocenters. The molecule has 0 aromatic heterocycles. The van der Waals surface area contributed by atoms with E-state index in [1.807, 2.05) is 0 Å². The van der Waals surface area contributed by atoms with Gasteiger partial charge in [0.2, 0.25) is 5.91 Å². The lowest BCUT2D eigenvalue weighted by atomic mass is 10.00. The Morgan fingerprint density at radius 1 is 0.851 bits per heavy atom. The van der Waals surface area contributed by atoms with Gasteiger partial charge in [0, 0.05) is 37.8 Å². The number of piperidine rings is 2. The number of hydrogen-bond donors (Lipinski definition) is 1. The van der Waals surface area contributed by atoms with Crippen LogP contribution in [0.5, 0.6) is 0 Å². The van der Waals surface area contributed by atoms with Gasteiger partial charge in [-0.25, -0.2) is 13.2 Å². The zero-order chi connectivity index (χ0) is 34.7. The number of nitrogens with zero attached hydrogens (tertiary/aromatic N) is 4. The molecular weight excluding hydrogens is 662 g/mol. The standard InChI is InChI=1S/C28H35N5O12S2/c1-28(2,3)44-27(35)30-16-14-19(15-17-30)29-26(34)23-13-12-20(45-47(42,43)25-11-7-5-9-22(25)33(38)39)18-31(23)46(40,41)24-10-6-4-8-21(24)32(36)37/h4-11,19-20,23H,12-18H2,1-3H3,(H,29,34)/t20-,23-/m1/s1. The molecule has 2 heterocycles.